The van der Waals surface area contributed by atoms with Crippen molar-refractivity contribution in [2.24, 2.45) is 0 Å². The lowest BCUT2D eigenvalue weighted by Gasteiger charge is -2.19. The molecule has 1 aromatic carbocycles. The SMILES string of the molecule is CC(CC1CCCN1)Nc1ccc(Br)c([N+](=O)[O-])c1. The van der Waals surface area contributed by atoms with Crippen molar-refractivity contribution >= 4 is 27.3 Å². The second kappa shape index (κ2) is 6.34. The zero-order valence-electron chi connectivity index (χ0n) is 10.9. The van der Waals surface area contributed by atoms with Gasteiger partial charge in [-0.3, -0.25) is 10.1 Å². The second-order valence-corrected chi connectivity index (χ2v) is 5.85. The van der Waals surface area contributed by atoms with Crippen LogP contribution in [0.3, 0.4) is 0 Å². The van der Waals surface area contributed by atoms with E-state index in [0.717, 1.165) is 18.7 Å². The Bertz CT molecular complexity index is 461. The van der Waals surface area contributed by atoms with Crippen molar-refractivity contribution in [3.63, 3.8) is 0 Å². The largest absolute Gasteiger partial charge is 0.382 e. The third-order valence-electron chi connectivity index (χ3n) is 3.36. The molecule has 0 amide bonds. The first kappa shape index (κ1) is 14.3. The Morgan fingerprint density at radius 2 is 2.42 bits per heavy atom. The van der Waals surface area contributed by atoms with Crippen molar-refractivity contribution in [1.82, 2.24) is 5.32 Å². The first-order valence-corrected chi connectivity index (χ1v) is 7.29. The number of anilines is 1. The number of nitrogens with zero attached hydrogens (tertiary/aromatic N) is 1. The average molecular weight is 328 g/mol. The van der Waals surface area contributed by atoms with Crippen molar-refractivity contribution in [2.45, 2.75) is 38.3 Å². The van der Waals surface area contributed by atoms with Gasteiger partial charge in [0.25, 0.3) is 5.69 Å². The fourth-order valence-electron chi connectivity index (χ4n) is 2.47. The van der Waals surface area contributed by atoms with Gasteiger partial charge in [0.05, 0.1) is 9.40 Å². The molecule has 1 heterocycles. The number of nitrogens with one attached hydrogen (secondary N) is 2. The molecule has 0 aromatic heterocycles. The Morgan fingerprint density at radius 3 is 3.05 bits per heavy atom. The molecule has 6 heteroatoms. The molecule has 2 N–H and O–H groups in total. The van der Waals surface area contributed by atoms with E-state index >= 15 is 0 Å². The molecule has 19 heavy (non-hydrogen) atoms. The highest BCUT2D eigenvalue weighted by Crippen LogP contribution is 2.28. The molecule has 0 aliphatic carbocycles. The van der Waals surface area contributed by atoms with E-state index < -0.39 is 0 Å². The summed E-state index contributed by atoms with van der Waals surface area (Å²) in [5.74, 6) is 0. The lowest BCUT2D eigenvalue weighted by molar-refractivity contribution is -0.385. The van der Waals surface area contributed by atoms with E-state index in [2.05, 4.69) is 33.5 Å². The van der Waals surface area contributed by atoms with Crippen LogP contribution < -0.4 is 10.6 Å². The highest BCUT2D eigenvalue weighted by atomic mass is 79.9. The van der Waals surface area contributed by atoms with Gasteiger partial charge in [0.15, 0.2) is 0 Å². The van der Waals surface area contributed by atoms with E-state index in [1.54, 1.807) is 12.1 Å². The van der Waals surface area contributed by atoms with Gasteiger partial charge in [-0.2, -0.15) is 0 Å². The van der Waals surface area contributed by atoms with Crippen LogP contribution in [-0.4, -0.2) is 23.6 Å². The normalized spacial score (nSPS) is 20.2. The van der Waals surface area contributed by atoms with Gasteiger partial charge in [-0.05, 0) is 60.8 Å². The lowest BCUT2D eigenvalue weighted by atomic mass is 10.1. The smallest absolute Gasteiger partial charge is 0.285 e. The van der Waals surface area contributed by atoms with Crippen LogP contribution >= 0.6 is 15.9 Å². The first-order chi connectivity index (χ1) is 9.06. The van der Waals surface area contributed by atoms with E-state index in [4.69, 9.17) is 0 Å². The summed E-state index contributed by atoms with van der Waals surface area (Å²) in [7, 11) is 0. The van der Waals surface area contributed by atoms with Crippen LogP contribution in [0, 0.1) is 10.1 Å². The molecule has 1 aliphatic heterocycles. The summed E-state index contributed by atoms with van der Waals surface area (Å²) in [6.07, 6.45) is 3.48. The molecule has 1 aliphatic rings. The summed E-state index contributed by atoms with van der Waals surface area (Å²) in [5, 5.41) is 17.7. The average Bonchev–Trinajstić information content (AvgIpc) is 2.84. The van der Waals surface area contributed by atoms with Crippen LogP contribution in [0.15, 0.2) is 22.7 Å². The molecule has 1 fully saturated rings. The molecule has 2 atom stereocenters. The molecule has 1 saturated heterocycles. The summed E-state index contributed by atoms with van der Waals surface area (Å²) in [5.41, 5.74) is 0.886. The summed E-state index contributed by atoms with van der Waals surface area (Å²) in [6, 6.07) is 5.99. The van der Waals surface area contributed by atoms with Gasteiger partial charge in [-0.15, -0.1) is 0 Å². The van der Waals surface area contributed by atoms with Gasteiger partial charge in [0.2, 0.25) is 0 Å². The molecular formula is C13H18BrN3O2. The van der Waals surface area contributed by atoms with Gasteiger partial charge in [0, 0.05) is 23.8 Å². The van der Waals surface area contributed by atoms with Crippen LogP contribution in [0.1, 0.15) is 26.2 Å². The molecule has 0 spiro atoms. The molecule has 1 aromatic rings. The van der Waals surface area contributed by atoms with Crippen LogP contribution in [0.2, 0.25) is 0 Å². The van der Waals surface area contributed by atoms with Gasteiger partial charge in [-0.25, -0.2) is 0 Å². The van der Waals surface area contributed by atoms with Crippen LogP contribution in [-0.2, 0) is 0 Å². The Hall–Kier alpha value is -1.14. The standard InChI is InChI=1S/C13H18BrN3O2/c1-9(7-10-3-2-6-15-10)16-11-4-5-12(14)13(8-11)17(18)19/h4-5,8-10,15-16H,2-3,6-7H2,1H3. The quantitative estimate of drug-likeness (QED) is 0.643. The zero-order valence-corrected chi connectivity index (χ0v) is 12.4. The summed E-state index contributed by atoms with van der Waals surface area (Å²) >= 11 is 3.19. The minimum atomic E-state index is -0.377. The van der Waals surface area contributed by atoms with E-state index in [0.29, 0.717) is 10.5 Å². The Kier molecular flexibility index (Phi) is 4.76. The first-order valence-electron chi connectivity index (χ1n) is 6.50. The Labute approximate surface area is 121 Å². The number of halogens is 1. The third-order valence-corrected chi connectivity index (χ3v) is 4.03. The van der Waals surface area contributed by atoms with Gasteiger partial charge >= 0.3 is 0 Å². The fourth-order valence-corrected chi connectivity index (χ4v) is 2.86. The zero-order chi connectivity index (χ0) is 13.8. The number of nitro benzene ring substituents is 1. The topological polar surface area (TPSA) is 67.2 Å². The second-order valence-electron chi connectivity index (χ2n) is 5.00. The van der Waals surface area contributed by atoms with Gasteiger partial charge < -0.3 is 10.6 Å². The monoisotopic (exact) mass is 327 g/mol. The summed E-state index contributed by atoms with van der Waals surface area (Å²) in [4.78, 5) is 10.5. The minimum Gasteiger partial charge on any atom is -0.382 e. The van der Waals surface area contributed by atoms with E-state index in [1.807, 2.05) is 6.07 Å². The lowest BCUT2D eigenvalue weighted by Crippen LogP contribution is -2.29. The van der Waals surface area contributed by atoms with Crippen LogP contribution in [0.4, 0.5) is 11.4 Å². The maximum absolute atomic E-state index is 10.9. The van der Waals surface area contributed by atoms with Crippen molar-refractivity contribution in [3.05, 3.63) is 32.8 Å². The summed E-state index contributed by atoms with van der Waals surface area (Å²) in [6.45, 7) is 3.20. The Morgan fingerprint density at radius 1 is 1.63 bits per heavy atom. The van der Waals surface area contributed by atoms with Crippen molar-refractivity contribution in [1.29, 1.82) is 0 Å². The number of benzene rings is 1. The number of hydrogen-bond donors (Lipinski definition) is 2. The van der Waals surface area contributed by atoms with E-state index in [-0.39, 0.29) is 16.7 Å². The predicted molar refractivity (Wildman–Crippen MR) is 79.5 cm³/mol. The molecule has 2 unspecified atom stereocenters. The number of nitro groups is 1. The molecular weight excluding hydrogens is 310 g/mol. The third kappa shape index (κ3) is 3.91. The molecule has 5 nitrogen and oxygen atoms in total. The number of rotatable bonds is 5. The maximum Gasteiger partial charge on any atom is 0.285 e. The van der Waals surface area contributed by atoms with Gasteiger partial charge in [0.1, 0.15) is 0 Å². The summed E-state index contributed by atoms with van der Waals surface area (Å²) < 4.78 is 0.508. The molecule has 104 valence electrons. The fraction of sp³-hybridized carbons (Fsp3) is 0.538. The van der Waals surface area contributed by atoms with Crippen LogP contribution in [0.5, 0.6) is 0 Å². The van der Waals surface area contributed by atoms with Crippen LogP contribution in [0.25, 0.3) is 0 Å². The highest BCUT2D eigenvalue weighted by Gasteiger charge is 2.18. The van der Waals surface area contributed by atoms with E-state index in [9.17, 15) is 10.1 Å². The molecule has 0 bridgehead atoms. The van der Waals surface area contributed by atoms with E-state index in [1.165, 1.54) is 12.8 Å². The highest BCUT2D eigenvalue weighted by molar-refractivity contribution is 9.10. The molecule has 0 radical (unpaired) electrons. The van der Waals surface area contributed by atoms with Crippen molar-refractivity contribution in [3.8, 4) is 0 Å². The maximum atomic E-state index is 10.9. The molecule has 0 saturated carbocycles. The van der Waals surface area contributed by atoms with Gasteiger partial charge in [-0.1, -0.05) is 0 Å². The van der Waals surface area contributed by atoms with Crippen molar-refractivity contribution < 1.29 is 4.92 Å². The Balaban J connectivity index is 1.98. The molecule has 2 rings (SSSR count). The number of hydrogen-bond acceptors (Lipinski definition) is 4. The predicted octanol–water partition coefficient (Wildman–Crippen LogP) is 3.30. The van der Waals surface area contributed by atoms with Crippen molar-refractivity contribution in [2.75, 3.05) is 11.9 Å². The minimum absolute atomic E-state index is 0.0937.